The third-order valence-corrected chi connectivity index (χ3v) is 5.78. The maximum absolute atomic E-state index is 10.7. The molecule has 0 fully saturated rings. The summed E-state index contributed by atoms with van der Waals surface area (Å²) in [5.41, 5.74) is 5.92. The molecule has 0 saturated heterocycles. The SMILES string of the molecule is N#Cc1ccc(B(O)c2cccc(COCc3cccc(B(O)c4ccc(C#N)cc4)c3)c2)cc1. The quantitative estimate of drug-likeness (QED) is 0.391. The number of hydrogen-bond acceptors (Lipinski definition) is 5. The Bertz CT molecular complexity index is 1270. The van der Waals surface area contributed by atoms with Gasteiger partial charge >= 0.3 is 13.8 Å². The first-order valence-corrected chi connectivity index (χ1v) is 11.2. The second kappa shape index (κ2) is 11.3. The van der Waals surface area contributed by atoms with Crippen molar-refractivity contribution in [3.63, 3.8) is 0 Å². The van der Waals surface area contributed by atoms with Crippen molar-refractivity contribution in [2.45, 2.75) is 13.2 Å². The predicted molar refractivity (Wildman–Crippen MR) is 138 cm³/mol. The van der Waals surface area contributed by atoms with Crippen molar-refractivity contribution in [3.8, 4) is 12.1 Å². The third kappa shape index (κ3) is 6.06. The second-order valence-corrected chi connectivity index (χ2v) is 8.26. The van der Waals surface area contributed by atoms with Gasteiger partial charge in [0.25, 0.3) is 0 Å². The molecule has 0 radical (unpaired) electrons. The highest BCUT2D eigenvalue weighted by Crippen LogP contribution is 2.06. The maximum atomic E-state index is 10.7. The van der Waals surface area contributed by atoms with Crippen molar-refractivity contribution in [3.05, 3.63) is 119 Å². The highest BCUT2D eigenvalue weighted by atomic mass is 16.5. The molecule has 0 saturated carbocycles. The Hall–Kier alpha value is -4.13. The van der Waals surface area contributed by atoms with Crippen LogP contribution in [0.4, 0.5) is 0 Å². The fourth-order valence-corrected chi connectivity index (χ4v) is 3.86. The van der Waals surface area contributed by atoms with E-state index in [9.17, 15) is 10.0 Å². The van der Waals surface area contributed by atoms with Gasteiger partial charge in [-0.2, -0.15) is 10.5 Å². The van der Waals surface area contributed by atoms with E-state index < -0.39 is 13.8 Å². The molecule has 4 aromatic rings. The summed E-state index contributed by atoms with van der Waals surface area (Å²) in [7, 11) is 0. The lowest BCUT2D eigenvalue weighted by molar-refractivity contribution is 0.107. The zero-order valence-corrected chi connectivity index (χ0v) is 19.0. The number of hydrogen-bond donors (Lipinski definition) is 2. The van der Waals surface area contributed by atoms with Crippen molar-refractivity contribution in [2.24, 2.45) is 0 Å². The van der Waals surface area contributed by atoms with Crippen molar-refractivity contribution in [2.75, 3.05) is 0 Å². The van der Waals surface area contributed by atoms with Crippen LogP contribution in [0.15, 0.2) is 97.1 Å². The molecule has 0 bridgehead atoms. The summed E-state index contributed by atoms with van der Waals surface area (Å²) in [6, 6.07) is 33.2. The first-order chi connectivity index (χ1) is 17.1. The predicted octanol–water partition coefficient (Wildman–Crippen LogP) is 1.34. The molecule has 0 atom stereocenters. The van der Waals surface area contributed by atoms with Gasteiger partial charge in [0.2, 0.25) is 0 Å². The zero-order valence-electron chi connectivity index (χ0n) is 19.0. The van der Waals surface area contributed by atoms with Gasteiger partial charge in [0, 0.05) is 0 Å². The molecule has 0 heterocycles. The average Bonchev–Trinajstić information content (AvgIpc) is 2.92. The summed E-state index contributed by atoms with van der Waals surface area (Å²) in [5.74, 6) is 0. The van der Waals surface area contributed by atoms with Crippen molar-refractivity contribution in [1.82, 2.24) is 0 Å². The van der Waals surface area contributed by atoms with E-state index in [2.05, 4.69) is 12.1 Å². The number of rotatable bonds is 8. The van der Waals surface area contributed by atoms with Crippen LogP contribution in [0.5, 0.6) is 0 Å². The van der Waals surface area contributed by atoms with E-state index in [1.807, 2.05) is 48.5 Å². The summed E-state index contributed by atoms with van der Waals surface area (Å²) in [4.78, 5) is 0. The molecule has 7 heteroatoms. The monoisotopic (exact) mass is 456 g/mol. The minimum atomic E-state index is -0.789. The van der Waals surface area contributed by atoms with Crippen LogP contribution in [0.1, 0.15) is 22.3 Å². The van der Waals surface area contributed by atoms with Gasteiger partial charge in [-0.25, -0.2) is 0 Å². The molecule has 35 heavy (non-hydrogen) atoms. The fourth-order valence-electron chi connectivity index (χ4n) is 3.86. The van der Waals surface area contributed by atoms with Crippen LogP contribution in [-0.4, -0.2) is 23.9 Å². The molecule has 0 spiro atoms. The van der Waals surface area contributed by atoms with Crippen LogP contribution < -0.4 is 21.9 Å². The zero-order chi connectivity index (χ0) is 24.6. The molecular weight excluding hydrogens is 434 g/mol. The van der Waals surface area contributed by atoms with Crippen LogP contribution in [0.2, 0.25) is 0 Å². The Kier molecular flexibility index (Phi) is 7.77. The molecule has 0 aliphatic carbocycles. The lowest BCUT2D eigenvalue weighted by Gasteiger charge is -2.11. The van der Waals surface area contributed by atoms with Gasteiger partial charge in [0.15, 0.2) is 0 Å². The summed E-state index contributed by atoms with van der Waals surface area (Å²) in [5, 5.41) is 39.3. The Morgan fingerprint density at radius 2 is 0.971 bits per heavy atom. The molecule has 0 aliphatic heterocycles. The standard InChI is InChI=1S/C28H22B2N2O3/c31-17-21-7-11-25(12-8-21)29(33)27-5-1-3-23(15-27)19-35-20-24-4-2-6-28(16-24)30(34)26-13-9-22(18-32)10-14-26/h1-16,33-34H,19-20H2. The van der Waals surface area contributed by atoms with E-state index in [4.69, 9.17) is 15.3 Å². The van der Waals surface area contributed by atoms with E-state index in [1.165, 1.54) is 0 Å². The van der Waals surface area contributed by atoms with Crippen molar-refractivity contribution in [1.29, 1.82) is 10.5 Å². The van der Waals surface area contributed by atoms with Gasteiger partial charge in [-0.1, -0.05) is 72.8 Å². The first kappa shape index (κ1) is 24.0. The Balaban J connectivity index is 1.37. The van der Waals surface area contributed by atoms with Crippen LogP contribution in [0.3, 0.4) is 0 Å². The minimum Gasteiger partial charge on any atom is -0.443 e. The van der Waals surface area contributed by atoms with Crippen molar-refractivity contribution < 1.29 is 14.8 Å². The van der Waals surface area contributed by atoms with Gasteiger partial charge < -0.3 is 14.8 Å². The number of benzene rings is 4. The van der Waals surface area contributed by atoms with Crippen LogP contribution >= 0.6 is 0 Å². The molecule has 2 N–H and O–H groups in total. The highest BCUT2D eigenvalue weighted by Gasteiger charge is 2.18. The van der Waals surface area contributed by atoms with E-state index in [1.54, 1.807) is 48.5 Å². The third-order valence-electron chi connectivity index (χ3n) is 5.78. The van der Waals surface area contributed by atoms with Gasteiger partial charge in [-0.3, -0.25) is 0 Å². The van der Waals surface area contributed by atoms with Gasteiger partial charge in [-0.05, 0) is 57.2 Å². The number of nitrogens with zero attached hydrogens (tertiary/aromatic N) is 2. The summed E-state index contributed by atoms with van der Waals surface area (Å²) < 4.78 is 5.91. The van der Waals surface area contributed by atoms with Gasteiger partial charge in [-0.15, -0.1) is 0 Å². The number of ether oxygens (including phenoxy) is 1. The van der Waals surface area contributed by atoms with Crippen LogP contribution in [0.25, 0.3) is 0 Å². The van der Waals surface area contributed by atoms with E-state index >= 15 is 0 Å². The average molecular weight is 456 g/mol. The topological polar surface area (TPSA) is 97.3 Å². The smallest absolute Gasteiger partial charge is 0.358 e. The first-order valence-electron chi connectivity index (χ1n) is 11.2. The molecular formula is C28H22B2N2O3. The molecule has 0 aromatic heterocycles. The Morgan fingerprint density at radius 3 is 1.34 bits per heavy atom. The minimum absolute atomic E-state index is 0.371. The van der Waals surface area contributed by atoms with Crippen LogP contribution in [0, 0.1) is 22.7 Å². The summed E-state index contributed by atoms with van der Waals surface area (Å²) in [6.45, 7) is -0.835. The molecule has 4 aromatic carbocycles. The van der Waals surface area contributed by atoms with Crippen LogP contribution in [-0.2, 0) is 18.0 Å². The fraction of sp³-hybridized carbons (Fsp3) is 0.0714. The Morgan fingerprint density at radius 1 is 0.571 bits per heavy atom. The Labute approximate surface area is 205 Å². The normalized spacial score (nSPS) is 10.3. The van der Waals surface area contributed by atoms with E-state index in [-0.39, 0.29) is 0 Å². The molecule has 4 rings (SSSR count). The molecule has 168 valence electrons. The molecule has 5 nitrogen and oxygen atoms in total. The largest absolute Gasteiger partial charge is 0.443 e. The van der Waals surface area contributed by atoms with E-state index in [0.717, 1.165) is 33.0 Å². The lowest BCUT2D eigenvalue weighted by atomic mass is 9.55. The lowest BCUT2D eigenvalue weighted by Crippen LogP contribution is -2.42. The maximum Gasteiger partial charge on any atom is 0.358 e. The highest BCUT2D eigenvalue weighted by molar-refractivity contribution is 6.79. The number of nitriles is 2. The molecule has 0 amide bonds. The summed E-state index contributed by atoms with van der Waals surface area (Å²) >= 11 is 0. The molecule has 0 unspecified atom stereocenters. The molecule has 0 aliphatic rings. The van der Waals surface area contributed by atoms with Gasteiger partial charge in [0.1, 0.15) is 0 Å². The second-order valence-electron chi connectivity index (χ2n) is 8.26. The van der Waals surface area contributed by atoms with E-state index in [0.29, 0.717) is 24.3 Å². The van der Waals surface area contributed by atoms with Crippen molar-refractivity contribution >= 4 is 35.7 Å². The summed E-state index contributed by atoms with van der Waals surface area (Å²) in [6.07, 6.45) is 0. The van der Waals surface area contributed by atoms with Gasteiger partial charge in [0.05, 0.1) is 36.5 Å².